The average molecular weight is 145 g/mol. The van der Waals surface area contributed by atoms with Crippen molar-refractivity contribution in [2.75, 3.05) is 7.05 Å². The minimum atomic E-state index is -3.20. The Bertz CT molecular complexity index is 207. The van der Waals surface area contributed by atoms with Crippen LogP contribution in [0.2, 0.25) is 0 Å². The molecule has 1 aliphatic rings. The summed E-state index contributed by atoms with van der Waals surface area (Å²) >= 11 is 0. The van der Waals surface area contributed by atoms with Crippen LogP contribution in [0.4, 0.5) is 0 Å². The zero-order valence-electron chi connectivity index (χ0n) is 5.22. The lowest BCUT2D eigenvalue weighted by molar-refractivity contribution is 0.583. The average Bonchev–Trinajstić information content (AvgIpc) is 2.49. The van der Waals surface area contributed by atoms with Gasteiger partial charge >= 0.3 is 0 Å². The summed E-state index contributed by atoms with van der Waals surface area (Å²) < 4.78 is 22.9. The van der Waals surface area contributed by atoms with Crippen molar-refractivity contribution in [1.82, 2.24) is 4.72 Å². The van der Waals surface area contributed by atoms with E-state index in [-0.39, 0.29) is 0 Å². The molecule has 3 nitrogen and oxygen atoms in total. The maximum absolute atomic E-state index is 10.8. The monoisotopic (exact) mass is 145 g/mol. The van der Waals surface area contributed by atoms with Crippen LogP contribution in [0, 0.1) is 0 Å². The Labute approximate surface area is 56.3 Å². The zero-order chi connectivity index (χ0) is 7.12. The fourth-order valence-electron chi connectivity index (χ4n) is 0.595. The highest BCUT2D eigenvalue weighted by Gasteiger charge is 2.48. The molecule has 1 N–H and O–H groups in total. The van der Waals surface area contributed by atoms with E-state index in [4.69, 9.17) is 7.85 Å². The maximum Gasteiger partial charge on any atom is 0.208 e. The second-order valence-corrected chi connectivity index (χ2v) is 4.50. The van der Waals surface area contributed by atoms with E-state index in [2.05, 4.69) is 4.72 Å². The second kappa shape index (κ2) is 1.73. The Hall–Kier alpha value is -0.0251. The van der Waals surface area contributed by atoms with Crippen molar-refractivity contribution in [2.24, 2.45) is 0 Å². The number of hydrogen-bond donors (Lipinski definition) is 1. The van der Waals surface area contributed by atoms with Crippen molar-refractivity contribution >= 4 is 17.9 Å². The van der Waals surface area contributed by atoms with Crippen molar-refractivity contribution < 1.29 is 8.42 Å². The topological polar surface area (TPSA) is 46.2 Å². The van der Waals surface area contributed by atoms with E-state index in [1.165, 1.54) is 7.05 Å². The van der Waals surface area contributed by atoms with Gasteiger partial charge in [-0.15, -0.1) is 0 Å². The summed E-state index contributed by atoms with van der Waals surface area (Å²) in [6.45, 7) is 0. The van der Waals surface area contributed by atoms with Crippen LogP contribution in [0.15, 0.2) is 0 Å². The van der Waals surface area contributed by atoms with Crippen LogP contribution in [0.25, 0.3) is 0 Å². The van der Waals surface area contributed by atoms with Crippen LogP contribution < -0.4 is 4.72 Å². The first-order chi connectivity index (χ1) is 4.02. The minimum Gasteiger partial charge on any atom is -0.219 e. The lowest BCUT2D eigenvalue weighted by Gasteiger charge is -2.07. The van der Waals surface area contributed by atoms with E-state index in [1.54, 1.807) is 0 Å². The third-order valence-electron chi connectivity index (χ3n) is 1.55. The van der Waals surface area contributed by atoms with Gasteiger partial charge < -0.3 is 0 Å². The van der Waals surface area contributed by atoms with E-state index in [9.17, 15) is 8.42 Å². The molecule has 0 amide bonds. The van der Waals surface area contributed by atoms with Crippen LogP contribution in [0.1, 0.15) is 12.8 Å². The SMILES string of the molecule is [B]C1(S(=O)(=O)NC)CC1. The molecule has 0 bridgehead atoms. The van der Waals surface area contributed by atoms with Crippen LogP contribution >= 0.6 is 0 Å². The van der Waals surface area contributed by atoms with Crippen LogP contribution in [0.3, 0.4) is 0 Å². The van der Waals surface area contributed by atoms with E-state index >= 15 is 0 Å². The van der Waals surface area contributed by atoms with E-state index < -0.39 is 14.7 Å². The molecule has 0 unspecified atom stereocenters. The zero-order valence-corrected chi connectivity index (χ0v) is 6.03. The fourth-order valence-corrected chi connectivity index (χ4v) is 1.64. The molecule has 0 saturated heterocycles. The molecular formula is C4H8BNO2S. The molecule has 0 aliphatic heterocycles. The summed E-state index contributed by atoms with van der Waals surface area (Å²) in [7, 11) is 3.56. The van der Waals surface area contributed by atoms with Crippen LogP contribution in [0.5, 0.6) is 0 Å². The third kappa shape index (κ3) is 0.988. The van der Waals surface area contributed by atoms with Crippen molar-refractivity contribution in [1.29, 1.82) is 0 Å². The van der Waals surface area contributed by atoms with Gasteiger partial charge in [-0.05, 0) is 19.9 Å². The van der Waals surface area contributed by atoms with E-state index in [0.717, 1.165) is 0 Å². The lowest BCUT2D eigenvalue weighted by Crippen LogP contribution is -2.33. The Morgan fingerprint density at radius 1 is 1.56 bits per heavy atom. The first kappa shape index (κ1) is 7.09. The molecule has 9 heavy (non-hydrogen) atoms. The van der Waals surface area contributed by atoms with Crippen molar-refractivity contribution in [3.63, 3.8) is 0 Å². The smallest absolute Gasteiger partial charge is 0.208 e. The van der Waals surface area contributed by atoms with Gasteiger partial charge in [0.25, 0.3) is 0 Å². The molecule has 0 aromatic rings. The second-order valence-electron chi connectivity index (χ2n) is 2.27. The summed E-state index contributed by atoms with van der Waals surface area (Å²) in [4.78, 5) is 0. The normalized spacial score (nSPS) is 23.7. The third-order valence-corrected chi connectivity index (χ3v) is 3.56. The molecule has 0 spiro atoms. The van der Waals surface area contributed by atoms with Gasteiger partial charge in [0.2, 0.25) is 10.0 Å². The molecule has 5 heteroatoms. The Morgan fingerprint density at radius 3 is 2.11 bits per heavy atom. The number of rotatable bonds is 2. The minimum absolute atomic E-state index is 0.580. The summed E-state index contributed by atoms with van der Waals surface area (Å²) in [6.07, 6.45) is 1.16. The standard InChI is InChI=1S/C4H8BNO2S/c1-6-9(7,8)4(5)2-3-4/h6H,2-3H2,1H3. The van der Waals surface area contributed by atoms with E-state index in [1.807, 2.05) is 0 Å². The van der Waals surface area contributed by atoms with Gasteiger partial charge in [-0.3, -0.25) is 0 Å². The Balaban J connectivity index is 2.84. The molecule has 1 fully saturated rings. The predicted octanol–water partition coefficient (Wildman–Crippen LogP) is -0.806. The molecule has 1 rings (SSSR count). The Kier molecular flexibility index (Phi) is 1.36. The summed E-state index contributed by atoms with van der Waals surface area (Å²) in [6, 6.07) is 0. The molecule has 50 valence electrons. The first-order valence-corrected chi connectivity index (χ1v) is 4.22. The van der Waals surface area contributed by atoms with Gasteiger partial charge in [0.05, 0.1) is 7.85 Å². The van der Waals surface area contributed by atoms with Gasteiger partial charge in [0.15, 0.2) is 0 Å². The van der Waals surface area contributed by atoms with Gasteiger partial charge in [-0.1, -0.05) is 0 Å². The molecule has 0 aromatic carbocycles. The number of hydrogen-bond acceptors (Lipinski definition) is 2. The van der Waals surface area contributed by atoms with E-state index in [0.29, 0.717) is 12.8 Å². The van der Waals surface area contributed by atoms with Crippen LogP contribution in [-0.4, -0.2) is 28.0 Å². The molecule has 2 radical (unpaired) electrons. The van der Waals surface area contributed by atoms with Gasteiger partial charge in [-0.2, -0.15) is 0 Å². The highest BCUT2D eigenvalue weighted by Crippen LogP contribution is 2.38. The Morgan fingerprint density at radius 2 is 2.00 bits per heavy atom. The summed E-state index contributed by atoms with van der Waals surface area (Å²) in [5.74, 6) is 0. The molecule has 1 saturated carbocycles. The van der Waals surface area contributed by atoms with Crippen LogP contribution in [-0.2, 0) is 10.0 Å². The summed E-state index contributed by atoms with van der Waals surface area (Å²) in [5.41, 5.74) is 0. The lowest BCUT2D eigenvalue weighted by atomic mass is 10.0. The molecular weight excluding hydrogens is 137 g/mol. The van der Waals surface area contributed by atoms with Gasteiger partial charge in [0, 0.05) is 4.65 Å². The number of sulfonamides is 1. The fraction of sp³-hybridized carbons (Fsp3) is 1.00. The summed E-state index contributed by atoms with van der Waals surface area (Å²) in [5, 5.41) is 0. The molecule has 1 aliphatic carbocycles. The highest BCUT2D eigenvalue weighted by atomic mass is 32.2. The molecule has 0 atom stereocenters. The quantitative estimate of drug-likeness (QED) is 0.516. The van der Waals surface area contributed by atoms with Crippen molar-refractivity contribution in [2.45, 2.75) is 17.5 Å². The largest absolute Gasteiger partial charge is 0.219 e. The molecule has 0 aromatic heterocycles. The molecule has 0 heterocycles. The highest BCUT2D eigenvalue weighted by molar-refractivity contribution is 7.92. The van der Waals surface area contributed by atoms with Crippen molar-refractivity contribution in [3.05, 3.63) is 0 Å². The predicted molar refractivity (Wildman–Crippen MR) is 35.7 cm³/mol. The van der Waals surface area contributed by atoms with Crippen molar-refractivity contribution in [3.8, 4) is 0 Å². The van der Waals surface area contributed by atoms with Gasteiger partial charge in [0.1, 0.15) is 0 Å². The number of nitrogens with one attached hydrogen (secondary N) is 1. The van der Waals surface area contributed by atoms with Gasteiger partial charge in [-0.25, -0.2) is 13.1 Å². The maximum atomic E-state index is 10.8. The first-order valence-electron chi connectivity index (χ1n) is 2.74.